The number of halogens is 1. The molecule has 1 aliphatic heterocycles. The summed E-state index contributed by atoms with van der Waals surface area (Å²) >= 11 is 1.74. The number of rotatable bonds is 2. The SMILES string of the molecule is CC1(C)CN(C(=O)c2cc(F)cc([N+](=O)[O-])c2N)CCS1. The van der Waals surface area contributed by atoms with E-state index in [1.54, 1.807) is 16.7 Å². The number of hydrogen-bond donors (Lipinski definition) is 1. The van der Waals surface area contributed by atoms with Crippen molar-refractivity contribution in [3.8, 4) is 0 Å². The Labute approximate surface area is 125 Å². The van der Waals surface area contributed by atoms with Gasteiger partial charge >= 0.3 is 0 Å². The average molecular weight is 313 g/mol. The minimum Gasteiger partial charge on any atom is -0.393 e. The van der Waals surface area contributed by atoms with Crippen LogP contribution < -0.4 is 5.73 Å². The van der Waals surface area contributed by atoms with Gasteiger partial charge in [-0.2, -0.15) is 11.8 Å². The van der Waals surface area contributed by atoms with Gasteiger partial charge in [0.2, 0.25) is 0 Å². The highest BCUT2D eigenvalue weighted by Gasteiger charge is 2.32. The summed E-state index contributed by atoms with van der Waals surface area (Å²) < 4.78 is 13.4. The van der Waals surface area contributed by atoms with Crippen molar-refractivity contribution >= 4 is 29.0 Å². The molecule has 0 aliphatic carbocycles. The van der Waals surface area contributed by atoms with Crippen LogP contribution in [0, 0.1) is 15.9 Å². The standard InChI is InChI=1S/C13H16FN3O3S/c1-13(2)7-16(3-4-21-13)12(18)9-5-8(14)6-10(11(9)15)17(19)20/h5-6H,3-4,7,15H2,1-2H3. The van der Waals surface area contributed by atoms with E-state index in [2.05, 4.69) is 0 Å². The molecule has 0 unspecified atom stereocenters. The molecule has 0 aromatic heterocycles. The van der Waals surface area contributed by atoms with Gasteiger partial charge in [0.25, 0.3) is 11.6 Å². The molecule has 114 valence electrons. The average Bonchev–Trinajstić information content (AvgIpc) is 2.38. The van der Waals surface area contributed by atoms with Crippen LogP contribution in [0.25, 0.3) is 0 Å². The maximum absolute atomic E-state index is 13.5. The molecule has 1 aromatic carbocycles. The van der Waals surface area contributed by atoms with E-state index < -0.39 is 22.3 Å². The first-order valence-electron chi connectivity index (χ1n) is 6.38. The van der Waals surface area contributed by atoms with Crippen molar-refractivity contribution in [3.05, 3.63) is 33.6 Å². The van der Waals surface area contributed by atoms with Crippen LogP contribution in [0.1, 0.15) is 24.2 Å². The number of benzene rings is 1. The Kier molecular flexibility index (Phi) is 4.08. The van der Waals surface area contributed by atoms with Crippen LogP contribution in [0.2, 0.25) is 0 Å². The molecule has 0 spiro atoms. The summed E-state index contributed by atoms with van der Waals surface area (Å²) in [5.74, 6) is -0.552. The van der Waals surface area contributed by atoms with E-state index in [0.29, 0.717) is 13.1 Å². The molecule has 6 nitrogen and oxygen atoms in total. The molecule has 0 radical (unpaired) electrons. The number of nitro groups is 1. The summed E-state index contributed by atoms with van der Waals surface area (Å²) in [5, 5.41) is 10.9. The Bertz CT molecular complexity index is 607. The van der Waals surface area contributed by atoms with E-state index in [-0.39, 0.29) is 16.0 Å². The molecule has 2 rings (SSSR count). The second-order valence-electron chi connectivity index (χ2n) is 5.48. The first kappa shape index (κ1) is 15.6. The summed E-state index contributed by atoms with van der Waals surface area (Å²) in [6.07, 6.45) is 0. The van der Waals surface area contributed by atoms with Gasteiger partial charge in [0.05, 0.1) is 16.6 Å². The molecule has 0 atom stereocenters. The van der Waals surface area contributed by atoms with E-state index in [0.717, 1.165) is 17.9 Å². The van der Waals surface area contributed by atoms with Gasteiger partial charge in [-0.25, -0.2) is 4.39 Å². The lowest BCUT2D eigenvalue weighted by Crippen LogP contribution is -2.46. The molecule has 1 heterocycles. The molecule has 0 saturated carbocycles. The lowest BCUT2D eigenvalue weighted by Gasteiger charge is -2.37. The van der Waals surface area contributed by atoms with Crippen molar-refractivity contribution in [1.82, 2.24) is 4.90 Å². The summed E-state index contributed by atoms with van der Waals surface area (Å²) in [5.41, 5.74) is 4.65. The van der Waals surface area contributed by atoms with E-state index in [1.807, 2.05) is 13.8 Å². The van der Waals surface area contributed by atoms with Gasteiger partial charge in [0.15, 0.2) is 0 Å². The summed E-state index contributed by atoms with van der Waals surface area (Å²) in [6.45, 7) is 5.01. The third-order valence-corrected chi connectivity index (χ3v) is 4.56. The highest BCUT2D eigenvalue weighted by atomic mass is 32.2. The fourth-order valence-electron chi connectivity index (χ4n) is 2.29. The van der Waals surface area contributed by atoms with Crippen LogP contribution in [0.5, 0.6) is 0 Å². The fourth-order valence-corrected chi connectivity index (χ4v) is 3.40. The summed E-state index contributed by atoms with van der Waals surface area (Å²) in [6, 6.07) is 1.68. The van der Waals surface area contributed by atoms with E-state index in [4.69, 9.17) is 5.73 Å². The zero-order chi connectivity index (χ0) is 15.8. The van der Waals surface area contributed by atoms with Crippen molar-refractivity contribution in [2.24, 2.45) is 0 Å². The lowest BCUT2D eigenvalue weighted by atomic mass is 10.1. The quantitative estimate of drug-likeness (QED) is 0.514. The van der Waals surface area contributed by atoms with Crippen LogP contribution in [0.4, 0.5) is 15.8 Å². The molecular formula is C13H16FN3O3S. The number of anilines is 1. The predicted molar refractivity (Wildman–Crippen MR) is 79.9 cm³/mol. The number of nitrogens with zero attached hydrogens (tertiary/aromatic N) is 2. The lowest BCUT2D eigenvalue weighted by molar-refractivity contribution is -0.384. The Hall–Kier alpha value is -1.83. The minimum absolute atomic E-state index is 0.109. The van der Waals surface area contributed by atoms with E-state index in [1.165, 1.54) is 0 Å². The van der Waals surface area contributed by atoms with Crippen molar-refractivity contribution in [1.29, 1.82) is 0 Å². The topological polar surface area (TPSA) is 89.5 Å². The molecule has 1 aliphatic rings. The number of carbonyl (C=O) groups is 1. The first-order chi connectivity index (χ1) is 9.71. The third-order valence-electron chi connectivity index (χ3n) is 3.26. The van der Waals surface area contributed by atoms with Gasteiger partial charge in [0, 0.05) is 23.6 Å². The predicted octanol–water partition coefficient (Wildman–Crippen LogP) is 2.28. The molecule has 2 N–H and O–H groups in total. The first-order valence-corrected chi connectivity index (χ1v) is 7.36. The molecular weight excluding hydrogens is 297 g/mol. The minimum atomic E-state index is -0.843. The highest BCUT2D eigenvalue weighted by Crippen LogP contribution is 2.32. The van der Waals surface area contributed by atoms with Crippen LogP contribution in [0.15, 0.2) is 12.1 Å². The third kappa shape index (κ3) is 3.26. The number of nitrogen functional groups attached to an aromatic ring is 1. The number of nitrogens with two attached hydrogens (primary N) is 1. The summed E-state index contributed by atoms with van der Waals surface area (Å²) in [4.78, 5) is 24.1. The van der Waals surface area contributed by atoms with Crippen molar-refractivity contribution < 1.29 is 14.1 Å². The Morgan fingerprint density at radius 2 is 2.19 bits per heavy atom. The molecule has 1 saturated heterocycles. The number of carbonyl (C=O) groups excluding carboxylic acids is 1. The molecule has 1 amide bonds. The van der Waals surface area contributed by atoms with Gasteiger partial charge in [-0.3, -0.25) is 14.9 Å². The Balaban J connectivity index is 2.37. The number of nitro benzene ring substituents is 1. The maximum Gasteiger partial charge on any atom is 0.295 e. The van der Waals surface area contributed by atoms with Gasteiger partial charge in [-0.15, -0.1) is 0 Å². The Morgan fingerprint density at radius 3 is 2.76 bits per heavy atom. The van der Waals surface area contributed by atoms with Gasteiger partial charge in [-0.05, 0) is 19.9 Å². The molecule has 0 bridgehead atoms. The normalized spacial score (nSPS) is 17.6. The molecule has 1 aromatic rings. The van der Waals surface area contributed by atoms with Crippen molar-refractivity contribution in [2.45, 2.75) is 18.6 Å². The largest absolute Gasteiger partial charge is 0.393 e. The van der Waals surface area contributed by atoms with Gasteiger partial charge < -0.3 is 10.6 Å². The van der Waals surface area contributed by atoms with Gasteiger partial charge in [0.1, 0.15) is 11.5 Å². The zero-order valence-electron chi connectivity index (χ0n) is 11.8. The van der Waals surface area contributed by atoms with Crippen LogP contribution >= 0.6 is 11.8 Å². The van der Waals surface area contributed by atoms with E-state index in [9.17, 15) is 19.3 Å². The Morgan fingerprint density at radius 1 is 1.52 bits per heavy atom. The molecule has 21 heavy (non-hydrogen) atoms. The van der Waals surface area contributed by atoms with Crippen LogP contribution in [-0.2, 0) is 0 Å². The highest BCUT2D eigenvalue weighted by molar-refractivity contribution is 8.00. The number of hydrogen-bond acceptors (Lipinski definition) is 5. The van der Waals surface area contributed by atoms with Gasteiger partial charge in [-0.1, -0.05) is 0 Å². The fraction of sp³-hybridized carbons (Fsp3) is 0.462. The van der Waals surface area contributed by atoms with Crippen molar-refractivity contribution in [3.63, 3.8) is 0 Å². The van der Waals surface area contributed by atoms with Crippen molar-refractivity contribution in [2.75, 3.05) is 24.6 Å². The molecule has 1 fully saturated rings. The second kappa shape index (κ2) is 5.51. The maximum atomic E-state index is 13.5. The molecule has 8 heteroatoms. The van der Waals surface area contributed by atoms with E-state index >= 15 is 0 Å². The number of amides is 1. The van der Waals surface area contributed by atoms with Crippen LogP contribution in [-0.4, -0.2) is 39.3 Å². The van der Waals surface area contributed by atoms with Crippen LogP contribution in [0.3, 0.4) is 0 Å². The second-order valence-corrected chi connectivity index (χ2v) is 7.28. The number of thioether (sulfide) groups is 1. The smallest absolute Gasteiger partial charge is 0.295 e. The zero-order valence-corrected chi connectivity index (χ0v) is 12.6. The monoisotopic (exact) mass is 313 g/mol. The summed E-state index contributed by atoms with van der Waals surface area (Å²) in [7, 11) is 0.